The van der Waals surface area contributed by atoms with E-state index in [0.717, 1.165) is 11.3 Å². The number of carbonyl (C=O) groups is 1. The molecular weight excluding hydrogens is 374 g/mol. The number of hydrogen-bond acceptors (Lipinski definition) is 4. The fraction of sp³-hybridized carbons (Fsp3) is 0.400. The first-order valence-electron chi connectivity index (χ1n) is 10.6. The fourth-order valence-electron chi connectivity index (χ4n) is 3.80. The van der Waals surface area contributed by atoms with Gasteiger partial charge in [-0.2, -0.15) is 4.98 Å². The van der Waals surface area contributed by atoms with Crippen molar-refractivity contribution in [3.05, 3.63) is 65.5 Å². The Labute approximate surface area is 178 Å². The lowest BCUT2D eigenvalue weighted by molar-refractivity contribution is -0.117. The molecule has 0 bridgehead atoms. The van der Waals surface area contributed by atoms with Gasteiger partial charge in [-0.15, -0.1) is 0 Å². The Morgan fingerprint density at radius 2 is 1.70 bits per heavy atom. The van der Waals surface area contributed by atoms with Crippen molar-refractivity contribution in [3.63, 3.8) is 0 Å². The molecule has 5 nitrogen and oxygen atoms in total. The van der Waals surface area contributed by atoms with Crippen LogP contribution in [0.15, 0.2) is 53.1 Å². The number of aromatic nitrogens is 2. The number of carbonyl (C=O) groups excluding carboxylic acids is 1. The zero-order chi connectivity index (χ0) is 21.5. The number of nitrogens with zero attached hydrogens (tertiary/aromatic N) is 3. The highest BCUT2D eigenvalue weighted by molar-refractivity contribution is 5.96. The Kier molecular flexibility index (Phi) is 5.22. The summed E-state index contributed by atoms with van der Waals surface area (Å²) in [5, 5.41) is 4.18. The molecule has 2 heterocycles. The second-order valence-electron chi connectivity index (χ2n) is 9.44. The first kappa shape index (κ1) is 20.3. The number of benzene rings is 2. The van der Waals surface area contributed by atoms with Crippen LogP contribution in [0.5, 0.6) is 0 Å². The Balaban J connectivity index is 1.49. The van der Waals surface area contributed by atoms with Crippen LogP contribution in [-0.2, 0) is 10.2 Å². The molecule has 1 aliphatic rings. The molecule has 0 N–H and O–H groups in total. The quantitative estimate of drug-likeness (QED) is 0.562. The Morgan fingerprint density at radius 1 is 1.03 bits per heavy atom. The average molecular weight is 404 g/mol. The van der Waals surface area contributed by atoms with E-state index in [4.69, 9.17) is 4.52 Å². The molecule has 1 amide bonds. The van der Waals surface area contributed by atoms with Gasteiger partial charge in [-0.3, -0.25) is 4.79 Å². The van der Waals surface area contributed by atoms with E-state index in [1.165, 1.54) is 11.1 Å². The Bertz CT molecular complexity index is 1030. The van der Waals surface area contributed by atoms with Crippen molar-refractivity contribution in [3.8, 4) is 11.5 Å². The molecule has 3 aromatic rings. The maximum atomic E-state index is 12.6. The molecule has 2 aromatic carbocycles. The zero-order valence-electron chi connectivity index (χ0n) is 18.3. The van der Waals surface area contributed by atoms with Gasteiger partial charge in [0.15, 0.2) is 5.82 Å². The maximum absolute atomic E-state index is 12.6. The molecule has 0 spiro atoms. The van der Waals surface area contributed by atoms with Gasteiger partial charge in [-0.1, -0.05) is 64.0 Å². The van der Waals surface area contributed by atoms with Crippen LogP contribution in [0.2, 0.25) is 0 Å². The fourth-order valence-corrected chi connectivity index (χ4v) is 3.80. The molecule has 1 atom stereocenters. The summed E-state index contributed by atoms with van der Waals surface area (Å²) in [6, 6.07) is 16.5. The molecule has 1 unspecified atom stereocenters. The molecule has 1 fully saturated rings. The van der Waals surface area contributed by atoms with Crippen LogP contribution in [0.4, 0.5) is 5.69 Å². The summed E-state index contributed by atoms with van der Waals surface area (Å²) in [5.74, 6) is 1.60. The molecule has 30 heavy (non-hydrogen) atoms. The first-order chi connectivity index (χ1) is 14.2. The molecule has 5 heteroatoms. The second-order valence-corrected chi connectivity index (χ2v) is 9.44. The Hall–Kier alpha value is -2.95. The standard InChI is InChI=1S/C25H29N3O2/c1-16(2)17-8-12-21(13-9-17)28-15-19(14-22(28)29)23-26-24(30-27-23)18-6-10-20(11-7-18)25(3,4)5/h6-13,16,19H,14-15H2,1-5H3. The molecule has 0 saturated carbocycles. The monoisotopic (exact) mass is 403 g/mol. The summed E-state index contributed by atoms with van der Waals surface area (Å²) in [4.78, 5) is 19.0. The lowest BCUT2D eigenvalue weighted by atomic mass is 9.87. The van der Waals surface area contributed by atoms with Crippen LogP contribution in [0.3, 0.4) is 0 Å². The smallest absolute Gasteiger partial charge is 0.257 e. The topological polar surface area (TPSA) is 59.2 Å². The molecule has 1 saturated heterocycles. The van der Waals surface area contributed by atoms with Crippen molar-refractivity contribution in [1.29, 1.82) is 0 Å². The van der Waals surface area contributed by atoms with Crippen molar-refractivity contribution in [2.45, 2.75) is 58.3 Å². The molecule has 4 rings (SSSR count). The van der Waals surface area contributed by atoms with E-state index >= 15 is 0 Å². The molecule has 0 radical (unpaired) electrons. The molecule has 0 aliphatic carbocycles. The lowest BCUT2D eigenvalue weighted by Crippen LogP contribution is -2.24. The number of rotatable bonds is 4. The molecule has 1 aromatic heterocycles. The highest BCUT2D eigenvalue weighted by atomic mass is 16.5. The summed E-state index contributed by atoms with van der Waals surface area (Å²) in [7, 11) is 0. The van der Waals surface area contributed by atoms with Crippen LogP contribution in [-0.4, -0.2) is 22.6 Å². The van der Waals surface area contributed by atoms with Crippen LogP contribution in [0.1, 0.15) is 69.8 Å². The van der Waals surface area contributed by atoms with Gasteiger partial charge < -0.3 is 9.42 Å². The summed E-state index contributed by atoms with van der Waals surface area (Å²) in [6.07, 6.45) is 0.397. The third-order valence-corrected chi connectivity index (χ3v) is 5.80. The van der Waals surface area contributed by atoms with E-state index in [1.807, 2.05) is 29.2 Å². The Morgan fingerprint density at radius 3 is 2.30 bits per heavy atom. The maximum Gasteiger partial charge on any atom is 0.257 e. The predicted molar refractivity (Wildman–Crippen MR) is 119 cm³/mol. The van der Waals surface area contributed by atoms with Gasteiger partial charge >= 0.3 is 0 Å². The number of amides is 1. The predicted octanol–water partition coefficient (Wildman–Crippen LogP) is 5.68. The van der Waals surface area contributed by atoms with Gasteiger partial charge in [0.2, 0.25) is 5.91 Å². The lowest BCUT2D eigenvalue weighted by Gasteiger charge is -2.18. The SMILES string of the molecule is CC(C)c1ccc(N2CC(c3noc(-c4ccc(C(C)(C)C)cc4)n3)CC2=O)cc1. The van der Waals surface area contributed by atoms with E-state index in [9.17, 15) is 4.79 Å². The van der Waals surface area contributed by atoms with E-state index < -0.39 is 0 Å². The summed E-state index contributed by atoms with van der Waals surface area (Å²) in [5.41, 5.74) is 4.44. The van der Waals surface area contributed by atoms with Gasteiger partial charge in [-0.25, -0.2) is 0 Å². The van der Waals surface area contributed by atoms with Gasteiger partial charge in [0, 0.05) is 30.1 Å². The van der Waals surface area contributed by atoms with E-state index in [-0.39, 0.29) is 17.2 Å². The highest BCUT2D eigenvalue weighted by Crippen LogP contribution is 2.32. The van der Waals surface area contributed by atoms with E-state index in [2.05, 4.69) is 69.0 Å². The van der Waals surface area contributed by atoms with Crippen molar-refractivity contribution in [2.24, 2.45) is 0 Å². The van der Waals surface area contributed by atoms with Gasteiger partial charge in [-0.05, 0) is 46.7 Å². The van der Waals surface area contributed by atoms with Crippen LogP contribution < -0.4 is 4.90 Å². The van der Waals surface area contributed by atoms with Crippen LogP contribution >= 0.6 is 0 Å². The van der Waals surface area contributed by atoms with E-state index in [1.54, 1.807) is 0 Å². The molecule has 1 aliphatic heterocycles. The van der Waals surface area contributed by atoms with Gasteiger partial charge in [0.25, 0.3) is 5.89 Å². The third kappa shape index (κ3) is 4.02. The summed E-state index contributed by atoms with van der Waals surface area (Å²) in [6.45, 7) is 11.5. The van der Waals surface area contributed by atoms with Crippen molar-refractivity contribution >= 4 is 11.6 Å². The van der Waals surface area contributed by atoms with Crippen LogP contribution in [0, 0.1) is 0 Å². The minimum atomic E-state index is -0.0615. The van der Waals surface area contributed by atoms with Gasteiger partial charge in [0.1, 0.15) is 0 Å². The minimum Gasteiger partial charge on any atom is -0.334 e. The minimum absolute atomic E-state index is 0.0615. The first-order valence-corrected chi connectivity index (χ1v) is 10.6. The van der Waals surface area contributed by atoms with Crippen LogP contribution in [0.25, 0.3) is 11.5 Å². The zero-order valence-corrected chi connectivity index (χ0v) is 18.3. The van der Waals surface area contributed by atoms with E-state index in [0.29, 0.717) is 30.6 Å². The van der Waals surface area contributed by atoms with Crippen molar-refractivity contribution < 1.29 is 9.32 Å². The van der Waals surface area contributed by atoms with Crippen molar-refractivity contribution in [2.75, 3.05) is 11.4 Å². The number of anilines is 1. The largest absolute Gasteiger partial charge is 0.334 e. The number of hydrogen-bond donors (Lipinski definition) is 0. The highest BCUT2D eigenvalue weighted by Gasteiger charge is 2.34. The molecule has 156 valence electrons. The summed E-state index contributed by atoms with van der Waals surface area (Å²) >= 11 is 0. The van der Waals surface area contributed by atoms with Crippen molar-refractivity contribution in [1.82, 2.24) is 10.1 Å². The summed E-state index contributed by atoms with van der Waals surface area (Å²) < 4.78 is 5.52. The second kappa shape index (κ2) is 7.71. The normalized spacial score (nSPS) is 17.2. The average Bonchev–Trinajstić information content (AvgIpc) is 3.34. The molecular formula is C25H29N3O2. The van der Waals surface area contributed by atoms with Gasteiger partial charge in [0.05, 0.1) is 0 Å². The third-order valence-electron chi connectivity index (χ3n) is 5.80.